The summed E-state index contributed by atoms with van der Waals surface area (Å²) in [6, 6.07) is 13.9. The van der Waals surface area contributed by atoms with Gasteiger partial charge in [-0.15, -0.1) is 0 Å². The van der Waals surface area contributed by atoms with Crippen LogP contribution in [0.1, 0.15) is 18.1 Å². The van der Waals surface area contributed by atoms with Crippen molar-refractivity contribution in [1.29, 1.82) is 0 Å². The van der Waals surface area contributed by atoms with Crippen LogP contribution in [-0.4, -0.2) is 14.1 Å². The average molecular weight is 367 g/mol. The molecule has 1 N–H and O–H groups in total. The Bertz CT molecular complexity index is 772. The Balaban J connectivity index is 2.24. The Morgan fingerprint density at radius 3 is 2.43 bits per heavy atom. The fraction of sp³-hybridized carbons (Fsp3) is 0.133. The van der Waals surface area contributed by atoms with E-state index < -0.39 is 10.0 Å². The van der Waals surface area contributed by atoms with Gasteiger partial charge in [-0.05, 0) is 43.7 Å². The number of aryl methyl sites for hydroxylation is 1. The van der Waals surface area contributed by atoms with Crippen LogP contribution in [-0.2, 0) is 10.0 Å². The first-order valence-corrected chi connectivity index (χ1v) is 8.55. The monoisotopic (exact) mass is 366 g/mol. The molecule has 0 radical (unpaired) electrons. The highest BCUT2D eigenvalue weighted by atomic mass is 79.9. The molecule has 0 unspecified atom stereocenters. The molecule has 0 aliphatic rings. The van der Waals surface area contributed by atoms with Gasteiger partial charge in [-0.25, -0.2) is 0 Å². The van der Waals surface area contributed by atoms with Crippen LogP contribution in [0.5, 0.6) is 0 Å². The lowest BCUT2D eigenvalue weighted by molar-refractivity contribution is 0.584. The maximum Gasteiger partial charge on any atom is 0.276 e. The van der Waals surface area contributed by atoms with Crippen molar-refractivity contribution < 1.29 is 8.42 Å². The predicted octanol–water partition coefficient (Wildman–Crippen LogP) is 3.46. The first kappa shape index (κ1) is 15.7. The fourth-order valence-corrected chi connectivity index (χ4v) is 3.23. The summed E-state index contributed by atoms with van der Waals surface area (Å²) in [5, 5.41) is 4.00. The number of nitrogens with zero attached hydrogens (tertiary/aromatic N) is 1. The maximum atomic E-state index is 12.1. The van der Waals surface area contributed by atoms with Crippen molar-refractivity contribution in [2.24, 2.45) is 5.10 Å². The maximum absolute atomic E-state index is 12.1. The molecular weight excluding hydrogens is 352 g/mol. The molecule has 0 saturated heterocycles. The van der Waals surface area contributed by atoms with Crippen molar-refractivity contribution >= 4 is 31.7 Å². The molecule has 0 amide bonds. The van der Waals surface area contributed by atoms with E-state index in [2.05, 4.69) is 25.9 Å². The number of nitrogens with one attached hydrogen (secondary N) is 1. The third-order valence-electron chi connectivity index (χ3n) is 2.97. The lowest BCUT2D eigenvalue weighted by atomic mass is 10.1. The Labute approximate surface area is 133 Å². The van der Waals surface area contributed by atoms with Gasteiger partial charge in [0.2, 0.25) is 0 Å². The lowest BCUT2D eigenvalue weighted by Crippen LogP contribution is -2.20. The van der Waals surface area contributed by atoms with Gasteiger partial charge < -0.3 is 0 Å². The average Bonchev–Trinajstić information content (AvgIpc) is 2.46. The van der Waals surface area contributed by atoms with Crippen LogP contribution in [0.25, 0.3) is 0 Å². The minimum atomic E-state index is -3.63. The molecule has 0 fully saturated rings. The highest BCUT2D eigenvalue weighted by Crippen LogP contribution is 2.16. The quantitative estimate of drug-likeness (QED) is 0.665. The second kappa shape index (κ2) is 6.41. The standard InChI is InChI=1S/C15H15BrN2O2S/c1-11-10-13(16)8-9-15(11)12(2)17-18-21(19,20)14-6-4-3-5-7-14/h3-10,18H,1-2H3/b17-12-. The van der Waals surface area contributed by atoms with E-state index in [1.807, 2.05) is 25.1 Å². The fourth-order valence-electron chi connectivity index (χ4n) is 1.87. The topological polar surface area (TPSA) is 58.5 Å². The molecule has 21 heavy (non-hydrogen) atoms. The minimum Gasteiger partial charge on any atom is -0.200 e. The molecule has 0 aliphatic heterocycles. The van der Waals surface area contributed by atoms with Gasteiger partial charge in [0, 0.05) is 10.0 Å². The van der Waals surface area contributed by atoms with Crippen LogP contribution < -0.4 is 4.83 Å². The summed E-state index contributed by atoms with van der Waals surface area (Å²) in [5.74, 6) is 0. The Morgan fingerprint density at radius 2 is 1.81 bits per heavy atom. The molecule has 0 saturated carbocycles. The highest BCUT2D eigenvalue weighted by molar-refractivity contribution is 9.10. The number of hydrazone groups is 1. The lowest BCUT2D eigenvalue weighted by Gasteiger charge is -2.07. The van der Waals surface area contributed by atoms with Gasteiger partial charge in [0.25, 0.3) is 10.0 Å². The van der Waals surface area contributed by atoms with E-state index in [-0.39, 0.29) is 4.90 Å². The number of sulfonamides is 1. The molecule has 110 valence electrons. The zero-order valence-electron chi connectivity index (χ0n) is 11.7. The molecule has 0 spiro atoms. The van der Waals surface area contributed by atoms with Gasteiger partial charge in [0.1, 0.15) is 0 Å². The zero-order valence-corrected chi connectivity index (χ0v) is 14.1. The molecule has 2 rings (SSSR count). The minimum absolute atomic E-state index is 0.189. The van der Waals surface area contributed by atoms with Crippen LogP contribution in [0, 0.1) is 6.92 Å². The van der Waals surface area contributed by atoms with Crippen LogP contribution in [0.4, 0.5) is 0 Å². The molecule has 0 aliphatic carbocycles. The van der Waals surface area contributed by atoms with Gasteiger partial charge >= 0.3 is 0 Å². The van der Waals surface area contributed by atoms with Crippen molar-refractivity contribution in [3.63, 3.8) is 0 Å². The number of rotatable bonds is 4. The molecule has 6 heteroatoms. The summed E-state index contributed by atoms with van der Waals surface area (Å²) < 4.78 is 25.1. The van der Waals surface area contributed by atoms with Crippen molar-refractivity contribution in [3.05, 3.63) is 64.1 Å². The molecule has 0 bridgehead atoms. The van der Waals surface area contributed by atoms with E-state index in [0.29, 0.717) is 5.71 Å². The van der Waals surface area contributed by atoms with Gasteiger partial charge in [0.05, 0.1) is 10.6 Å². The van der Waals surface area contributed by atoms with Gasteiger partial charge in [0.15, 0.2) is 0 Å². The van der Waals surface area contributed by atoms with E-state index >= 15 is 0 Å². The first-order valence-electron chi connectivity index (χ1n) is 6.28. The summed E-state index contributed by atoms with van der Waals surface area (Å²) in [6.07, 6.45) is 0. The molecule has 2 aromatic carbocycles. The summed E-state index contributed by atoms with van der Waals surface area (Å²) in [4.78, 5) is 2.45. The summed E-state index contributed by atoms with van der Waals surface area (Å²) in [5.41, 5.74) is 2.53. The van der Waals surface area contributed by atoms with Crippen molar-refractivity contribution in [3.8, 4) is 0 Å². The van der Waals surface area contributed by atoms with E-state index in [1.54, 1.807) is 25.1 Å². The Morgan fingerprint density at radius 1 is 1.14 bits per heavy atom. The highest BCUT2D eigenvalue weighted by Gasteiger charge is 2.12. The Hall–Kier alpha value is -1.66. The van der Waals surface area contributed by atoms with Crippen LogP contribution >= 0.6 is 15.9 Å². The van der Waals surface area contributed by atoms with Gasteiger partial charge in [-0.1, -0.05) is 40.2 Å². The molecule has 2 aromatic rings. The molecule has 0 atom stereocenters. The van der Waals surface area contributed by atoms with Crippen molar-refractivity contribution in [2.45, 2.75) is 18.7 Å². The number of benzene rings is 2. The summed E-state index contributed by atoms with van der Waals surface area (Å²) >= 11 is 3.40. The first-order chi connectivity index (χ1) is 9.90. The number of hydrogen-bond acceptors (Lipinski definition) is 3. The van der Waals surface area contributed by atoms with E-state index in [1.165, 1.54) is 12.1 Å². The summed E-state index contributed by atoms with van der Waals surface area (Å²) in [7, 11) is -3.63. The molecule has 4 nitrogen and oxygen atoms in total. The van der Waals surface area contributed by atoms with E-state index in [4.69, 9.17) is 0 Å². The second-order valence-corrected chi connectivity index (χ2v) is 7.14. The number of hydrogen-bond donors (Lipinski definition) is 1. The van der Waals surface area contributed by atoms with Crippen molar-refractivity contribution in [2.75, 3.05) is 0 Å². The number of halogens is 1. The largest absolute Gasteiger partial charge is 0.276 e. The van der Waals surface area contributed by atoms with Gasteiger partial charge in [-0.3, -0.25) is 0 Å². The van der Waals surface area contributed by atoms with E-state index in [9.17, 15) is 8.42 Å². The normalized spacial score (nSPS) is 12.2. The smallest absolute Gasteiger partial charge is 0.200 e. The molecule has 0 heterocycles. The molecule has 0 aromatic heterocycles. The van der Waals surface area contributed by atoms with Crippen LogP contribution in [0.2, 0.25) is 0 Å². The third kappa shape index (κ3) is 3.92. The second-order valence-electron chi connectivity index (χ2n) is 4.56. The van der Waals surface area contributed by atoms with Crippen LogP contribution in [0.3, 0.4) is 0 Å². The van der Waals surface area contributed by atoms with Crippen LogP contribution in [0.15, 0.2) is 63.0 Å². The van der Waals surface area contributed by atoms with E-state index in [0.717, 1.165) is 15.6 Å². The Kier molecular flexibility index (Phi) is 4.80. The summed E-state index contributed by atoms with van der Waals surface area (Å²) in [6.45, 7) is 3.72. The predicted molar refractivity (Wildman–Crippen MR) is 87.9 cm³/mol. The zero-order chi connectivity index (χ0) is 15.5. The molecular formula is C15H15BrN2O2S. The third-order valence-corrected chi connectivity index (χ3v) is 4.68. The van der Waals surface area contributed by atoms with Gasteiger partial charge in [-0.2, -0.15) is 18.4 Å². The SMILES string of the molecule is C/C(=N/NS(=O)(=O)c1ccccc1)c1ccc(Br)cc1C. The van der Waals surface area contributed by atoms with Crippen molar-refractivity contribution in [1.82, 2.24) is 4.83 Å².